The largest absolute Gasteiger partial charge is 0.344 e. The minimum atomic E-state index is -0.537. The normalized spacial score (nSPS) is 13.2. The molecule has 2 aromatic carbocycles. The van der Waals surface area contributed by atoms with E-state index >= 15 is 0 Å². The van der Waals surface area contributed by atoms with Gasteiger partial charge in [0.25, 0.3) is 0 Å². The molecule has 1 aromatic heterocycles. The summed E-state index contributed by atoms with van der Waals surface area (Å²) in [6.45, 7) is 4.08. The van der Waals surface area contributed by atoms with Crippen molar-refractivity contribution in [3.63, 3.8) is 0 Å². The van der Waals surface area contributed by atoms with E-state index in [2.05, 4.69) is 28.5 Å². The van der Waals surface area contributed by atoms with E-state index in [1.54, 1.807) is 24.5 Å². The number of carbonyl (C=O) groups is 1. The number of nitrogens with zero attached hydrogens (tertiary/aromatic N) is 2. The number of aryl methyl sites for hydroxylation is 2. The summed E-state index contributed by atoms with van der Waals surface area (Å²) in [7, 11) is 3.68. The highest BCUT2D eigenvalue weighted by atomic mass is 19.1. The van der Waals surface area contributed by atoms with Crippen LogP contribution in [0.1, 0.15) is 39.9 Å². The molecule has 1 heterocycles. The summed E-state index contributed by atoms with van der Waals surface area (Å²) in [6.07, 6.45) is 3.45. The van der Waals surface area contributed by atoms with Gasteiger partial charge in [0.1, 0.15) is 11.9 Å². The van der Waals surface area contributed by atoms with Gasteiger partial charge in [-0.05, 0) is 74.5 Å². The Labute approximate surface area is 171 Å². The van der Waals surface area contributed by atoms with Gasteiger partial charge in [-0.15, -0.1) is 0 Å². The Kier molecular flexibility index (Phi) is 6.39. The lowest BCUT2D eigenvalue weighted by atomic mass is 9.93. The number of hydrogen-bond donors (Lipinski definition) is 1. The Balaban J connectivity index is 1.99. The van der Waals surface area contributed by atoms with E-state index in [-0.39, 0.29) is 17.8 Å². The minimum Gasteiger partial charge on any atom is -0.344 e. The van der Waals surface area contributed by atoms with E-state index in [1.807, 2.05) is 45.0 Å². The first kappa shape index (κ1) is 20.7. The zero-order chi connectivity index (χ0) is 21.0. The lowest BCUT2D eigenvalue weighted by Gasteiger charge is -2.28. The van der Waals surface area contributed by atoms with Gasteiger partial charge in [-0.25, -0.2) is 4.39 Å². The fourth-order valence-corrected chi connectivity index (χ4v) is 3.52. The quantitative estimate of drug-likeness (QED) is 0.680. The second-order valence-corrected chi connectivity index (χ2v) is 7.50. The first-order valence-corrected chi connectivity index (χ1v) is 9.56. The molecule has 3 aromatic rings. The zero-order valence-electron chi connectivity index (χ0n) is 17.2. The van der Waals surface area contributed by atoms with Crippen molar-refractivity contribution in [3.8, 4) is 0 Å². The third-order valence-corrected chi connectivity index (χ3v) is 5.02. The van der Waals surface area contributed by atoms with Gasteiger partial charge < -0.3 is 5.32 Å². The number of amides is 1. The molecule has 29 heavy (non-hydrogen) atoms. The van der Waals surface area contributed by atoms with Gasteiger partial charge in [0.05, 0.1) is 6.04 Å². The highest BCUT2D eigenvalue weighted by Crippen LogP contribution is 2.28. The number of nitrogens with one attached hydrogen (secondary N) is 1. The van der Waals surface area contributed by atoms with Crippen LogP contribution in [0.5, 0.6) is 0 Å². The number of pyridine rings is 1. The van der Waals surface area contributed by atoms with Gasteiger partial charge in [0.15, 0.2) is 0 Å². The van der Waals surface area contributed by atoms with Gasteiger partial charge in [-0.3, -0.25) is 14.7 Å². The molecule has 0 aliphatic heterocycles. The van der Waals surface area contributed by atoms with Crippen LogP contribution in [0, 0.1) is 19.7 Å². The minimum absolute atomic E-state index is 0.149. The molecule has 5 heteroatoms. The predicted molar refractivity (Wildman–Crippen MR) is 113 cm³/mol. The molecule has 0 bridgehead atoms. The molecule has 0 spiro atoms. The summed E-state index contributed by atoms with van der Waals surface area (Å²) in [5.41, 5.74) is 4.96. The number of benzene rings is 2. The van der Waals surface area contributed by atoms with Gasteiger partial charge >= 0.3 is 0 Å². The van der Waals surface area contributed by atoms with E-state index in [4.69, 9.17) is 0 Å². The van der Waals surface area contributed by atoms with Crippen LogP contribution in [0.4, 0.5) is 4.39 Å². The molecule has 0 aliphatic carbocycles. The lowest BCUT2D eigenvalue weighted by Crippen LogP contribution is -2.39. The maximum absolute atomic E-state index is 13.4. The highest BCUT2D eigenvalue weighted by molar-refractivity contribution is 5.84. The smallest absolute Gasteiger partial charge is 0.242 e. The molecule has 2 atom stereocenters. The summed E-state index contributed by atoms with van der Waals surface area (Å²) in [5.74, 6) is -0.471. The molecule has 0 aliphatic rings. The van der Waals surface area contributed by atoms with Crippen LogP contribution in [0.25, 0.3) is 0 Å². The molecule has 0 saturated carbocycles. The first-order valence-electron chi connectivity index (χ1n) is 9.56. The van der Waals surface area contributed by atoms with Crippen molar-refractivity contribution >= 4 is 5.91 Å². The summed E-state index contributed by atoms with van der Waals surface area (Å²) < 4.78 is 13.4. The molecule has 0 radical (unpaired) electrons. The van der Waals surface area contributed by atoms with Gasteiger partial charge in [0.2, 0.25) is 5.91 Å². The molecule has 150 valence electrons. The number of rotatable bonds is 6. The molecule has 0 saturated heterocycles. The van der Waals surface area contributed by atoms with Crippen LogP contribution in [0.2, 0.25) is 0 Å². The monoisotopic (exact) mass is 391 g/mol. The third-order valence-electron chi connectivity index (χ3n) is 5.02. The molecule has 1 amide bonds. The van der Waals surface area contributed by atoms with Gasteiger partial charge in [-0.1, -0.05) is 35.9 Å². The Bertz CT molecular complexity index is 971. The standard InChI is InChI=1S/C24H26FN3O/c1-16-5-6-17(2)21(15-16)22(18-11-13-26-14-12-18)27-24(29)23(28(3)4)19-7-9-20(25)10-8-19/h5-15,22-23H,1-4H3,(H,27,29)/t22-,23+/m1/s1. The van der Waals surface area contributed by atoms with Crippen molar-refractivity contribution in [2.24, 2.45) is 0 Å². The molecule has 3 rings (SSSR count). The van der Waals surface area contributed by atoms with Gasteiger partial charge in [0, 0.05) is 12.4 Å². The Morgan fingerprint density at radius 1 is 0.966 bits per heavy atom. The molecule has 0 fully saturated rings. The Hall–Kier alpha value is -3.05. The number of likely N-dealkylation sites (N-methyl/N-ethyl adjacent to an activating group) is 1. The van der Waals surface area contributed by atoms with Crippen LogP contribution >= 0.6 is 0 Å². The molecule has 1 N–H and O–H groups in total. The number of halogens is 1. The van der Waals surface area contributed by atoms with Crippen LogP contribution in [-0.4, -0.2) is 29.9 Å². The fraction of sp³-hybridized carbons (Fsp3) is 0.250. The number of carbonyl (C=O) groups excluding carboxylic acids is 1. The van der Waals surface area contributed by atoms with Crippen LogP contribution in [-0.2, 0) is 4.79 Å². The Morgan fingerprint density at radius 2 is 1.62 bits per heavy atom. The number of hydrogen-bond acceptors (Lipinski definition) is 3. The average molecular weight is 391 g/mol. The summed E-state index contributed by atoms with van der Waals surface area (Å²) in [4.78, 5) is 19.3. The second kappa shape index (κ2) is 8.97. The topological polar surface area (TPSA) is 45.2 Å². The maximum atomic E-state index is 13.4. The second-order valence-electron chi connectivity index (χ2n) is 7.50. The predicted octanol–water partition coefficient (Wildman–Crippen LogP) is 4.35. The first-order chi connectivity index (χ1) is 13.9. The summed E-state index contributed by atoms with van der Waals surface area (Å²) in [6, 6.07) is 15.3. The third kappa shape index (κ3) is 4.87. The van der Waals surface area contributed by atoms with Crippen LogP contribution in [0.3, 0.4) is 0 Å². The van der Waals surface area contributed by atoms with Crippen molar-refractivity contribution < 1.29 is 9.18 Å². The van der Waals surface area contributed by atoms with E-state index in [0.29, 0.717) is 0 Å². The van der Waals surface area contributed by atoms with Crippen molar-refractivity contribution in [3.05, 3.63) is 101 Å². The molecule has 0 unspecified atom stereocenters. The van der Waals surface area contributed by atoms with E-state index in [1.165, 1.54) is 12.1 Å². The van der Waals surface area contributed by atoms with Gasteiger partial charge in [-0.2, -0.15) is 0 Å². The van der Waals surface area contributed by atoms with Crippen molar-refractivity contribution in [1.82, 2.24) is 15.2 Å². The summed E-state index contributed by atoms with van der Waals surface area (Å²) in [5, 5.41) is 3.21. The van der Waals surface area contributed by atoms with Crippen molar-refractivity contribution in [2.45, 2.75) is 25.9 Å². The molecular formula is C24H26FN3O. The zero-order valence-corrected chi connectivity index (χ0v) is 17.2. The fourth-order valence-electron chi connectivity index (χ4n) is 3.52. The lowest BCUT2D eigenvalue weighted by molar-refractivity contribution is -0.126. The average Bonchev–Trinajstić information content (AvgIpc) is 2.70. The van der Waals surface area contributed by atoms with E-state index in [9.17, 15) is 9.18 Å². The maximum Gasteiger partial charge on any atom is 0.242 e. The SMILES string of the molecule is Cc1ccc(C)c([C@H](NC(=O)[C@H](c2ccc(F)cc2)N(C)C)c2ccncc2)c1. The summed E-state index contributed by atoms with van der Waals surface area (Å²) >= 11 is 0. The van der Waals surface area contributed by atoms with E-state index < -0.39 is 6.04 Å². The highest BCUT2D eigenvalue weighted by Gasteiger charge is 2.27. The van der Waals surface area contributed by atoms with Crippen LogP contribution < -0.4 is 5.32 Å². The number of aromatic nitrogens is 1. The molecular weight excluding hydrogens is 365 g/mol. The Morgan fingerprint density at radius 3 is 2.24 bits per heavy atom. The van der Waals surface area contributed by atoms with Crippen LogP contribution in [0.15, 0.2) is 67.0 Å². The van der Waals surface area contributed by atoms with E-state index in [0.717, 1.165) is 27.8 Å². The van der Waals surface area contributed by atoms with Crippen molar-refractivity contribution in [2.75, 3.05) is 14.1 Å². The van der Waals surface area contributed by atoms with Crippen molar-refractivity contribution in [1.29, 1.82) is 0 Å². The molecule has 4 nitrogen and oxygen atoms in total.